The Morgan fingerprint density at radius 3 is 2.14 bits per heavy atom. The molecule has 36 heavy (non-hydrogen) atoms. The molecule has 0 heterocycles. The van der Waals surface area contributed by atoms with Gasteiger partial charge in [0.2, 0.25) is 0 Å². The fourth-order valence-electron chi connectivity index (χ4n) is 4.15. The molecule has 1 fully saturated rings. The first kappa shape index (κ1) is 32.3. The van der Waals surface area contributed by atoms with Crippen LogP contribution >= 0.6 is 0 Å². The summed E-state index contributed by atoms with van der Waals surface area (Å²) in [6.07, 6.45) is 8.09. The van der Waals surface area contributed by atoms with Gasteiger partial charge in [-0.3, -0.25) is 9.59 Å². The van der Waals surface area contributed by atoms with Crippen molar-refractivity contribution in [2.75, 3.05) is 27.4 Å². The van der Waals surface area contributed by atoms with Crippen molar-refractivity contribution < 1.29 is 42.6 Å². The molecule has 3 atom stereocenters. The number of carbonyl (C=O) groups excluding carboxylic acids is 3. The van der Waals surface area contributed by atoms with E-state index in [0.717, 1.165) is 37.8 Å². The molecule has 208 valence electrons. The molecule has 1 N–H and O–H groups in total. The highest BCUT2D eigenvalue weighted by Crippen LogP contribution is 2.32. The second kappa shape index (κ2) is 18.5. The number of carbonyl (C=O) groups is 3. The molecule has 9 nitrogen and oxygen atoms in total. The summed E-state index contributed by atoms with van der Waals surface area (Å²) in [5, 5.41) is 10.3. The maximum absolute atomic E-state index is 12.3. The first-order valence-corrected chi connectivity index (χ1v) is 15.7. The summed E-state index contributed by atoms with van der Waals surface area (Å²) < 4.78 is 26.8. The standard InChI is InChI=1S/C26H46O9Si/c1-5-24(28)33-17-10-6-8-12-25(29)34-18-11-7-9-13-26(30)35-23-20-21(14-15-22(23)27)16-19-36(4,31-2)32-3/h5,21-23,27H,1,6-20H2,2-4H3. The highest BCUT2D eigenvalue weighted by molar-refractivity contribution is 6.65. The quantitative estimate of drug-likeness (QED) is 0.0861. The third-order valence-corrected chi connectivity index (χ3v) is 9.67. The summed E-state index contributed by atoms with van der Waals surface area (Å²) in [4.78, 5) is 34.9. The molecule has 1 rings (SSSR count). The minimum absolute atomic E-state index is 0.239. The summed E-state index contributed by atoms with van der Waals surface area (Å²) in [5.41, 5.74) is 0. The third-order valence-electron chi connectivity index (χ3n) is 6.74. The molecule has 0 aromatic carbocycles. The lowest BCUT2D eigenvalue weighted by Crippen LogP contribution is -2.40. The molecule has 10 heteroatoms. The van der Waals surface area contributed by atoms with E-state index in [0.29, 0.717) is 64.1 Å². The van der Waals surface area contributed by atoms with Crippen molar-refractivity contribution in [1.29, 1.82) is 0 Å². The molecular formula is C26H46O9Si. The average molecular weight is 531 g/mol. The molecule has 0 aliphatic heterocycles. The topological polar surface area (TPSA) is 118 Å². The largest absolute Gasteiger partial charge is 0.466 e. The summed E-state index contributed by atoms with van der Waals surface area (Å²) in [6, 6.07) is 0.874. The Kier molecular flexibility index (Phi) is 16.6. The zero-order valence-electron chi connectivity index (χ0n) is 22.3. The highest BCUT2D eigenvalue weighted by Gasteiger charge is 2.35. The fourth-order valence-corrected chi connectivity index (χ4v) is 5.66. The van der Waals surface area contributed by atoms with Crippen LogP contribution in [0.3, 0.4) is 0 Å². The van der Waals surface area contributed by atoms with Gasteiger partial charge in [-0.25, -0.2) is 4.79 Å². The van der Waals surface area contributed by atoms with E-state index in [-0.39, 0.29) is 18.4 Å². The Labute approximate surface area is 217 Å². The van der Waals surface area contributed by atoms with Gasteiger partial charge in [-0.1, -0.05) is 6.58 Å². The Bertz CT molecular complexity index is 666. The predicted octanol–water partition coefficient (Wildman–Crippen LogP) is 4.21. The summed E-state index contributed by atoms with van der Waals surface area (Å²) in [6.45, 7) is 6.02. The van der Waals surface area contributed by atoms with Gasteiger partial charge in [-0.05, 0) is 82.7 Å². The van der Waals surface area contributed by atoms with Gasteiger partial charge in [0.1, 0.15) is 6.10 Å². The number of esters is 3. The molecule has 0 spiro atoms. The third kappa shape index (κ3) is 14.1. The van der Waals surface area contributed by atoms with Crippen LogP contribution in [0.25, 0.3) is 0 Å². The van der Waals surface area contributed by atoms with E-state index in [1.54, 1.807) is 14.2 Å². The number of aliphatic hydroxyl groups is 1. The van der Waals surface area contributed by atoms with E-state index in [4.69, 9.17) is 23.1 Å². The SMILES string of the molecule is C=CC(=O)OCCCCCC(=O)OCCCCCC(=O)OC1CC(CC[Si](C)(OC)OC)CCC1O. The number of unbranched alkanes of at least 4 members (excludes halogenated alkanes) is 4. The van der Waals surface area contributed by atoms with Crippen molar-refractivity contribution in [3.8, 4) is 0 Å². The molecule has 0 aromatic heterocycles. The zero-order chi connectivity index (χ0) is 26.8. The van der Waals surface area contributed by atoms with Crippen LogP contribution in [0.15, 0.2) is 12.7 Å². The predicted molar refractivity (Wildman–Crippen MR) is 137 cm³/mol. The van der Waals surface area contributed by atoms with Gasteiger partial charge in [-0.15, -0.1) is 0 Å². The molecule has 1 saturated carbocycles. The van der Waals surface area contributed by atoms with E-state index in [1.165, 1.54) is 0 Å². The van der Waals surface area contributed by atoms with Gasteiger partial charge >= 0.3 is 26.5 Å². The molecule has 0 saturated heterocycles. The lowest BCUT2D eigenvalue weighted by atomic mass is 9.84. The molecule has 0 bridgehead atoms. The fraction of sp³-hybridized carbons (Fsp3) is 0.808. The van der Waals surface area contributed by atoms with E-state index >= 15 is 0 Å². The number of rotatable bonds is 19. The maximum atomic E-state index is 12.3. The molecule has 1 aliphatic carbocycles. The normalized spacial score (nSPS) is 19.9. The molecule has 1 aliphatic rings. The number of hydrogen-bond acceptors (Lipinski definition) is 9. The number of hydrogen-bond donors (Lipinski definition) is 1. The van der Waals surface area contributed by atoms with Gasteiger partial charge in [0.05, 0.1) is 19.3 Å². The Hall–Kier alpha value is -1.75. The minimum Gasteiger partial charge on any atom is -0.466 e. The van der Waals surface area contributed by atoms with E-state index in [2.05, 4.69) is 6.58 Å². The monoisotopic (exact) mass is 530 g/mol. The molecule has 0 radical (unpaired) electrons. The lowest BCUT2D eigenvalue weighted by molar-refractivity contribution is -0.159. The first-order chi connectivity index (χ1) is 17.2. The van der Waals surface area contributed by atoms with Crippen LogP contribution in [0.5, 0.6) is 0 Å². The Morgan fingerprint density at radius 2 is 1.53 bits per heavy atom. The molecule has 0 amide bonds. The Balaban J connectivity index is 2.10. The van der Waals surface area contributed by atoms with Crippen LogP contribution in [-0.2, 0) is 37.4 Å². The molecule has 3 unspecified atom stereocenters. The van der Waals surface area contributed by atoms with Gasteiger partial charge in [0, 0.05) is 33.1 Å². The van der Waals surface area contributed by atoms with Crippen molar-refractivity contribution in [3.05, 3.63) is 12.7 Å². The van der Waals surface area contributed by atoms with Crippen molar-refractivity contribution in [2.45, 2.75) is 102 Å². The van der Waals surface area contributed by atoms with Crippen molar-refractivity contribution in [1.82, 2.24) is 0 Å². The second-order valence-corrected chi connectivity index (χ2v) is 13.2. The van der Waals surface area contributed by atoms with E-state index in [9.17, 15) is 19.5 Å². The summed E-state index contributed by atoms with van der Waals surface area (Å²) in [5.74, 6) is -0.582. The summed E-state index contributed by atoms with van der Waals surface area (Å²) >= 11 is 0. The van der Waals surface area contributed by atoms with Gasteiger partial charge in [-0.2, -0.15) is 0 Å². The smallest absolute Gasteiger partial charge is 0.334 e. The number of ether oxygens (including phenoxy) is 3. The van der Waals surface area contributed by atoms with Crippen LogP contribution in [0.4, 0.5) is 0 Å². The van der Waals surface area contributed by atoms with Crippen LogP contribution in [0.2, 0.25) is 12.6 Å². The van der Waals surface area contributed by atoms with Crippen molar-refractivity contribution in [2.24, 2.45) is 5.92 Å². The van der Waals surface area contributed by atoms with E-state index < -0.39 is 26.7 Å². The number of aliphatic hydroxyl groups excluding tert-OH is 1. The van der Waals surface area contributed by atoms with Crippen LogP contribution in [0, 0.1) is 5.92 Å². The van der Waals surface area contributed by atoms with Gasteiger partial charge < -0.3 is 28.2 Å². The van der Waals surface area contributed by atoms with Gasteiger partial charge in [0.15, 0.2) is 0 Å². The van der Waals surface area contributed by atoms with Crippen molar-refractivity contribution >= 4 is 26.5 Å². The average Bonchev–Trinajstić information content (AvgIpc) is 2.88. The molecule has 0 aromatic rings. The second-order valence-electron chi connectivity index (χ2n) is 9.57. The highest BCUT2D eigenvalue weighted by atomic mass is 28.4. The first-order valence-electron chi connectivity index (χ1n) is 13.2. The summed E-state index contributed by atoms with van der Waals surface area (Å²) in [7, 11) is 1.25. The van der Waals surface area contributed by atoms with Crippen molar-refractivity contribution in [3.63, 3.8) is 0 Å². The minimum atomic E-state index is -2.12. The maximum Gasteiger partial charge on any atom is 0.334 e. The van der Waals surface area contributed by atoms with E-state index in [1.807, 2.05) is 6.55 Å². The molecular weight excluding hydrogens is 484 g/mol. The van der Waals surface area contributed by atoms with Crippen LogP contribution < -0.4 is 0 Å². The zero-order valence-corrected chi connectivity index (χ0v) is 23.3. The van der Waals surface area contributed by atoms with Crippen LogP contribution in [-0.4, -0.2) is 71.2 Å². The van der Waals surface area contributed by atoms with Crippen LogP contribution in [0.1, 0.15) is 77.0 Å². The Morgan fingerprint density at radius 1 is 0.917 bits per heavy atom. The lowest BCUT2D eigenvalue weighted by Gasteiger charge is -2.34. The van der Waals surface area contributed by atoms with Gasteiger partial charge in [0.25, 0.3) is 0 Å².